The van der Waals surface area contributed by atoms with Gasteiger partial charge in [0.05, 0.1) is 0 Å². The largest absolute Gasteiger partial charge is 0.322 e. The number of carbonyl (C=O) groups is 1. The Morgan fingerprint density at radius 2 is 2.00 bits per heavy atom. The molecule has 1 amide bonds. The maximum Gasteiger partial charge on any atom is 0.255 e. The highest BCUT2D eigenvalue weighted by molar-refractivity contribution is 6.04. The van der Waals surface area contributed by atoms with E-state index in [1.54, 1.807) is 12.1 Å². The van der Waals surface area contributed by atoms with Crippen molar-refractivity contribution in [3.8, 4) is 0 Å². The van der Waals surface area contributed by atoms with E-state index in [1.807, 2.05) is 24.3 Å². The summed E-state index contributed by atoms with van der Waals surface area (Å²) in [6.45, 7) is 3.68. The molecule has 0 aliphatic carbocycles. The SMILES string of the molecule is C=CCc1ccccc1NC(=O)c1cccc(F)c1. The highest BCUT2D eigenvalue weighted by atomic mass is 19.1. The Bertz CT molecular complexity index is 607. The number of nitrogens with one attached hydrogen (secondary N) is 1. The summed E-state index contributed by atoms with van der Waals surface area (Å²) in [7, 11) is 0. The fourth-order valence-electron chi connectivity index (χ4n) is 1.80. The fraction of sp³-hybridized carbons (Fsp3) is 0.0625. The van der Waals surface area contributed by atoms with E-state index in [1.165, 1.54) is 18.2 Å². The molecule has 0 saturated heterocycles. The average Bonchev–Trinajstić information content (AvgIpc) is 2.41. The zero-order valence-electron chi connectivity index (χ0n) is 10.4. The van der Waals surface area contributed by atoms with Crippen LogP contribution >= 0.6 is 0 Å². The van der Waals surface area contributed by atoms with Gasteiger partial charge < -0.3 is 5.32 Å². The van der Waals surface area contributed by atoms with Gasteiger partial charge in [-0.05, 0) is 36.2 Å². The minimum Gasteiger partial charge on any atom is -0.322 e. The van der Waals surface area contributed by atoms with Crippen molar-refractivity contribution in [3.63, 3.8) is 0 Å². The van der Waals surface area contributed by atoms with Crippen LogP contribution in [-0.2, 0) is 6.42 Å². The first-order valence-electron chi connectivity index (χ1n) is 5.96. The van der Waals surface area contributed by atoms with E-state index in [2.05, 4.69) is 11.9 Å². The van der Waals surface area contributed by atoms with Crippen LogP contribution in [0.1, 0.15) is 15.9 Å². The smallest absolute Gasteiger partial charge is 0.255 e. The van der Waals surface area contributed by atoms with Gasteiger partial charge in [0.25, 0.3) is 5.91 Å². The minimum absolute atomic E-state index is 0.299. The van der Waals surface area contributed by atoms with Gasteiger partial charge in [-0.25, -0.2) is 4.39 Å². The molecule has 2 aromatic rings. The second kappa shape index (κ2) is 5.96. The van der Waals surface area contributed by atoms with E-state index in [0.29, 0.717) is 12.0 Å². The summed E-state index contributed by atoms with van der Waals surface area (Å²) >= 11 is 0. The monoisotopic (exact) mass is 255 g/mol. The first-order valence-corrected chi connectivity index (χ1v) is 5.96. The van der Waals surface area contributed by atoms with Gasteiger partial charge in [-0.2, -0.15) is 0 Å². The first kappa shape index (κ1) is 13.0. The second-order valence-corrected chi connectivity index (χ2v) is 4.11. The van der Waals surface area contributed by atoms with Gasteiger partial charge in [0.15, 0.2) is 0 Å². The topological polar surface area (TPSA) is 29.1 Å². The first-order chi connectivity index (χ1) is 9.20. The van der Waals surface area contributed by atoms with Crippen LogP contribution in [0.15, 0.2) is 61.2 Å². The van der Waals surface area contributed by atoms with Crippen LogP contribution in [0.4, 0.5) is 10.1 Å². The molecule has 2 rings (SSSR count). The summed E-state index contributed by atoms with van der Waals surface area (Å²) in [5.41, 5.74) is 1.99. The van der Waals surface area contributed by atoms with Gasteiger partial charge in [0.2, 0.25) is 0 Å². The molecule has 19 heavy (non-hydrogen) atoms. The number of anilines is 1. The predicted molar refractivity (Wildman–Crippen MR) is 74.7 cm³/mol. The lowest BCUT2D eigenvalue weighted by Crippen LogP contribution is -2.13. The van der Waals surface area contributed by atoms with Crippen molar-refractivity contribution in [2.24, 2.45) is 0 Å². The van der Waals surface area contributed by atoms with Crippen molar-refractivity contribution < 1.29 is 9.18 Å². The predicted octanol–water partition coefficient (Wildman–Crippen LogP) is 3.81. The van der Waals surface area contributed by atoms with Crippen LogP contribution in [0.5, 0.6) is 0 Å². The van der Waals surface area contributed by atoms with Gasteiger partial charge in [-0.15, -0.1) is 6.58 Å². The Hall–Kier alpha value is -2.42. The third-order valence-electron chi connectivity index (χ3n) is 2.72. The lowest BCUT2D eigenvalue weighted by atomic mass is 10.1. The Kier molecular flexibility index (Phi) is 4.08. The van der Waals surface area contributed by atoms with Crippen LogP contribution in [0.3, 0.4) is 0 Å². The Morgan fingerprint density at radius 1 is 1.21 bits per heavy atom. The van der Waals surface area contributed by atoms with Gasteiger partial charge in [0.1, 0.15) is 5.82 Å². The van der Waals surface area contributed by atoms with Crippen LogP contribution in [-0.4, -0.2) is 5.91 Å². The number of amides is 1. The normalized spacial score (nSPS) is 9.95. The number of halogens is 1. The van der Waals surface area contributed by atoms with Crippen LogP contribution in [0, 0.1) is 5.82 Å². The van der Waals surface area contributed by atoms with Gasteiger partial charge in [0, 0.05) is 11.3 Å². The van der Waals surface area contributed by atoms with E-state index in [9.17, 15) is 9.18 Å². The fourth-order valence-corrected chi connectivity index (χ4v) is 1.80. The van der Waals surface area contributed by atoms with Crippen molar-refractivity contribution >= 4 is 11.6 Å². The van der Waals surface area contributed by atoms with Crippen LogP contribution in [0.2, 0.25) is 0 Å². The van der Waals surface area contributed by atoms with E-state index < -0.39 is 5.82 Å². The van der Waals surface area contributed by atoms with Crippen molar-refractivity contribution in [1.82, 2.24) is 0 Å². The standard InChI is InChI=1S/C16H14FNO/c1-2-6-12-7-3-4-10-15(12)18-16(19)13-8-5-9-14(17)11-13/h2-5,7-11H,1,6H2,(H,18,19). The zero-order valence-corrected chi connectivity index (χ0v) is 10.4. The van der Waals surface area contributed by atoms with E-state index in [0.717, 1.165) is 11.3 Å². The summed E-state index contributed by atoms with van der Waals surface area (Å²) < 4.78 is 13.1. The molecule has 0 aliphatic rings. The van der Waals surface area contributed by atoms with Gasteiger partial charge >= 0.3 is 0 Å². The molecule has 0 atom stereocenters. The molecule has 0 aromatic heterocycles. The number of carbonyl (C=O) groups excluding carboxylic acids is 1. The second-order valence-electron chi connectivity index (χ2n) is 4.11. The zero-order chi connectivity index (χ0) is 13.7. The molecular formula is C16H14FNO. The lowest BCUT2D eigenvalue weighted by Gasteiger charge is -2.09. The van der Waals surface area contributed by atoms with E-state index >= 15 is 0 Å². The number of rotatable bonds is 4. The molecule has 1 N–H and O–H groups in total. The molecule has 0 radical (unpaired) electrons. The third-order valence-corrected chi connectivity index (χ3v) is 2.72. The van der Waals surface area contributed by atoms with Crippen molar-refractivity contribution in [3.05, 3.63) is 78.1 Å². The Balaban J connectivity index is 2.21. The van der Waals surface area contributed by atoms with Crippen LogP contribution < -0.4 is 5.32 Å². The summed E-state index contributed by atoms with van der Waals surface area (Å²) in [6, 6.07) is 13.1. The molecule has 2 aromatic carbocycles. The van der Waals surface area contributed by atoms with Gasteiger partial charge in [-0.1, -0.05) is 30.3 Å². The molecule has 0 aliphatic heterocycles. The summed E-state index contributed by atoms with van der Waals surface area (Å²) in [6.07, 6.45) is 2.44. The molecule has 0 fully saturated rings. The maximum atomic E-state index is 13.1. The highest BCUT2D eigenvalue weighted by Crippen LogP contribution is 2.17. The number of allylic oxidation sites excluding steroid dienone is 1. The minimum atomic E-state index is -0.424. The summed E-state index contributed by atoms with van der Waals surface area (Å²) in [4.78, 5) is 12.0. The number of hydrogen-bond acceptors (Lipinski definition) is 1. The molecule has 0 unspecified atom stereocenters. The summed E-state index contributed by atoms with van der Waals surface area (Å²) in [5, 5.41) is 2.79. The average molecular weight is 255 g/mol. The molecule has 2 nitrogen and oxygen atoms in total. The quantitative estimate of drug-likeness (QED) is 0.827. The Morgan fingerprint density at radius 3 is 2.74 bits per heavy atom. The molecular weight excluding hydrogens is 241 g/mol. The van der Waals surface area contributed by atoms with Crippen molar-refractivity contribution in [2.75, 3.05) is 5.32 Å². The maximum absolute atomic E-state index is 13.1. The number of para-hydroxylation sites is 1. The lowest BCUT2D eigenvalue weighted by molar-refractivity contribution is 0.102. The molecule has 0 heterocycles. The van der Waals surface area contributed by atoms with E-state index in [4.69, 9.17) is 0 Å². The molecule has 0 bridgehead atoms. The third kappa shape index (κ3) is 3.28. The molecule has 96 valence electrons. The number of hydrogen-bond donors (Lipinski definition) is 1. The number of benzene rings is 2. The molecule has 0 saturated carbocycles. The molecule has 3 heteroatoms. The van der Waals surface area contributed by atoms with Crippen molar-refractivity contribution in [2.45, 2.75) is 6.42 Å². The highest BCUT2D eigenvalue weighted by Gasteiger charge is 2.08. The van der Waals surface area contributed by atoms with Crippen LogP contribution in [0.25, 0.3) is 0 Å². The summed E-state index contributed by atoms with van der Waals surface area (Å²) in [5.74, 6) is -0.747. The van der Waals surface area contributed by atoms with E-state index in [-0.39, 0.29) is 5.91 Å². The van der Waals surface area contributed by atoms with Gasteiger partial charge in [-0.3, -0.25) is 4.79 Å². The Labute approximate surface area is 111 Å². The van der Waals surface area contributed by atoms with Crippen molar-refractivity contribution in [1.29, 1.82) is 0 Å². The molecule has 0 spiro atoms.